The fourth-order valence-corrected chi connectivity index (χ4v) is 6.85. The lowest BCUT2D eigenvalue weighted by Gasteiger charge is -2.37. The van der Waals surface area contributed by atoms with Gasteiger partial charge in [-0.25, -0.2) is 14.8 Å². The van der Waals surface area contributed by atoms with Crippen molar-refractivity contribution in [1.82, 2.24) is 20.2 Å². The van der Waals surface area contributed by atoms with Gasteiger partial charge in [0.05, 0.1) is 43.9 Å². The van der Waals surface area contributed by atoms with E-state index in [1.165, 1.54) is 18.9 Å². The van der Waals surface area contributed by atoms with Crippen LogP contribution in [0.2, 0.25) is 0 Å². The summed E-state index contributed by atoms with van der Waals surface area (Å²) >= 11 is 0. The molecule has 46 heavy (non-hydrogen) atoms. The summed E-state index contributed by atoms with van der Waals surface area (Å²) in [6.45, 7) is 10.0. The number of alkyl halides is 2. The Balaban J connectivity index is 1.60. The first kappa shape index (κ1) is 33.7. The van der Waals surface area contributed by atoms with E-state index in [1.54, 1.807) is 52.8 Å². The normalized spacial score (nSPS) is 30.7. The highest BCUT2D eigenvalue weighted by atomic mass is 19.3. The van der Waals surface area contributed by atoms with Gasteiger partial charge in [0, 0.05) is 24.3 Å². The molecule has 252 valence electrons. The minimum atomic E-state index is -3.49. The maximum atomic E-state index is 16.0. The molecule has 0 unspecified atom stereocenters. The first-order valence-corrected chi connectivity index (χ1v) is 15.8. The third-order valence-electron chi connectivity index (χ3n) is 9.62. The number of ketones is 1. The van der Waals surface area contributed by atoms with Crippen molar-refractivity contribution in [3.8, 4) is 11.6 Å². The van der Waals surface area contributed by atoms with Crippen LogP contribution in [0.15, 0.2) is 18.2 Å². The molecule has 2 fully saturated rings. The van der Waals surface area contributed by atoms with E-state index in [0.717, 1.165) is 6.42 Å². The van der Waals surface area contributed by atoms with E-state index in [0.29, 0.717) is 18.6 Å². The molecule has 1 saturated heterocycles. The zero-order valence-electron chi connectivity index (χ0n) is 27.5. The Morgan fingerprint density at radius 1 is 1.15 bits per heavy atom. The number of rotatable bonds is 2. The SMILES string of the molecule is COc1ccc2nc3c(nc2c1)O[C@H]1CN(C(=O)[C@H](C(C)(C)C)NC(=O)O[C@]2(C)CCC[C@H]2COCCC3(F)F)[C@H](C(C)=O)[C@@H]1C. The van der Waals surface area contributed by atoms with Crippen molar-refractivity contribution in [1.29, 1.82) is 0 Å². The summed E-state index contributed by atoms with van der Waals surface area (Å²) in [7, 11) is 1.48. The second-order valence-electron chi connectivity index (χ2n) is 14.1. The molecule has 0 spiro atoms. The van der Waals surface area contributed by atoms with Crippen LogP contribution in [-0.4, -0.2) is 83.3 Å². The van der Waals surface area contributed by atoms with Crippen molar-refractivity contribution >= 4 is 28.8 Å². The number of hydrogen-bond acceptors (Lipinski definition) is 9. The van der Waals surface area contributed by atoms with Crippen molar-refractivity contribution < 1.29 is 42.1 Å². The molecule has 1 aromatic heterocycles. The summed E-state index contributed by atoms with van der Waals surface area (Å²) in [5.41, 5.74) is -1.82. The third-order valence-corrected chi connectivity index (χ3v) is 9.62. The summed E-state index contributed by atoms with van der Waals surface area (Å²) in [5.74, 6) is -5.05. The molecular weight excluding hydrogens is 602 g/mol. The van der Waals surface area contributed by atoms with Crippen molar-refractivity contribution in [2.45, 2.75) is 96.9 Å². The van der Waals surface area contributed by atoms with Crippen LogP contribution in [0.1, 0.15) is 72.9 Å². The average molecular weight is 647 g/mol. The number of carbonyl (C=O) groups excluding carboxylic acids is 3. The van der Waals surface area contributed by atoms with Crippen LogP contribution in [0.4, 0.5) is 13.6 Å². The molecule has 2 aromatic rings. The van der Waals surface area contributed by atoms with Crippen molar-refractivity contribution in [3.05, 3.63) is 23.9 Å². The average Bonchev–Trinajstić information content (AvgIpc) is 3.50. The molecule has 2 aliphatic heterocycles. The van der Waals surface area contributed by atoms with E-state index < -0.39 is 71.0 Å². The monoisotopic (exact) mass is 646 g/mol. The van der Waals surface area contributed by atoms with Crippen LogP contribution in [-0.2, 0) is 25.0 Å². The predicted octanol–water partition coefficient (Wildman–Crippen LogP) is 5.03. The van der Waals surface area contributed by atoms with Gasteiger partial charge in [-0.3, -0.25) is 9.59 Å². The standard InChI is InChI=1S/C33H44F2N4O7/c1-18-24-16-39(25(18)19(2)40)29(41)27(31(3,4)5)38-30(42)46-32(6)12-8-9-20(32)17-44-14-13-33(34,35)26-28(45-24)37-23-15-21(43-7)10-11-22(23)36-26/h10-11,15,18,20,24-25,27H,8-9,12-14,16-17H2,1-7H3,(H,38,42)/t18-,20+,24+,25+,27-,32-/m1/s1. The number of Topliss-reactive ketones (excluding diaryl/α,β-unsaturated/α-hetero) is 1. The van der Waals surface area contributed by atoms with Gasteiger partial charge in [0.25, 0.3) is 5.92 Å². The number of benzene rings is 1. The molecule has 5 rings (SSSR count). The molecule has 13 heteroatoms. The summed E-state index contributed by atoms with van der Waals surface area (Å²) in [6.07, 6.45) is -0.326. The topological polar surface area (TPSA) is 129 Å². The van der Waals surface area contributed by atoms with Gasteiger partial charge in [0.2, 0.25) is 11.8 Å². The number of halogens is 2. The molecule has 11 nitrogen and oxygen atoms in total. The maximum Gasteiger partial charge on any atom is 0.408 e. The number of aromatic nitrogens is 2. The van der Waals surface area contributed by atoms with E-state index in [1.807, 2.05) is 0 Å². The van der Waals surface area contributed by atoms with Gasteiger partial charge in [0.1, 0.15) is 23.5 Å². The molecule has 1 N–H and O–H groups in total. The second kappa shape index (κ2) is 12.5. The van der Waals surface area contributed by atoms with Gasteiger partial charge in [-0.2, -0.15) is 8.78 Å². The number of carbonyl (C=O) groups is 3. The molecule has 3 heterocycles. The van der Waals surface area contributed by atoms with Gasteiger partial charge in [0.15, 0.2) is 11.5 Å². The lowest BCUT2D eigenvalue weighted by molar-refractivity contribution is -0.141. The molecule has 1 saturated carbocycles. The van der Waals surface area contributed by atoms with Crippen LogP contribution < -0.4 is 14.8 Å². The number of fused-ring (bicyclic) bond motifs is 5. The Kier molecular flexibility index (Phi) is 9.20. The van der Waals surface area contributed by atoms with Crippen LogP contribution in [0.25, 0.3) is 11.0 Å². The molecule has 6 atom stereocenters. The van der Waals surface area contributed by atoms with E-state index in [9.17, 15) is 14.4 Å². The van der Waals surface area contributed by atoms with Crippen molar-refractivity contribution in [2.75, 3.05) is 26.9 Å². The van der Waals surface area contributed by atoms with Crippen LogP contribution in [0, 0.1) is 17.3 Å². The fraction of sp³-hybridized carbons (Fsp3) is 0.667. The van der Waals surface area contributed by atoms with E-state index >= 15 is 8.78 Å². The van der Waals surface area contributed by atoms with E-state index in [2.05, 4.69) is 15.3 Å². The number of hydrogen-bond donors (Lipinski definition) is 1. The first-order chi connectivity index (χ1) is 21.5. The second-order valence-corrected chi connectivity index (χ2v) is 14.1. The Hall–Kier alpha value is -3.61. The number of amides is 2. The number of nitrogens with zero attached hydrogens (tertiary/aromatic N) is 3. The van der Waals surface area contributed by atoms with E-state index in [4.69, 9.17) is 18.9 Å². The van der Waals surface area contributed by atoms with E-state index in [-0.39, 0.29) is 42.5 Å². The highest BCUT2D eigenvalue weighted by Crippen LogP contribution is 2.42. The zero-order valence-corrected chi connectivity index (χ0v) is 27.5. The fourth-order valence-electron chi connectivity index (χ4n) is 6.85. The molecule has 1 aliphatic carbocycles. The number of alkyl carbamates (subject to hydrolysis) is 1. The maximum absolute atomic E-state index is 16.0. The lowest BCUT2D eigenvalue weighted by Crippen LogP contribution is -2.58. The summed E-state index contributed by atoms with van der Waals surface area (Å²) < 4.78 is 55.2. The van der Waals surface area contributed by atoms with Crippen LogP contribution >= 0.6 is 0 Å². The number of ether oxygens (including phenoxy) is 4. The zero-order chi connectivity index (χ0) is 33.6. The molecule has 3 aliphatic rings. The minimum absolute atomic E-state index is 0.0979. The summed E-state index contributed by atoms with van der Waals surface area (Å²) in [4.78, 5) is 50.7. The predicted molar refractivity (Wildman–Crippen MR) is 164 cm³/mol. The van der Waals surface area contributed by atoms with Gasteiger partial charge in [-0.15, -0.1) is 0 Å². The summed E-state index contributed by atoms with van der Waals surface area (Å²) in [6, 6.07) is 2.75. The van der Waals surface area contributed by atoms with Crippen molar-refractivity contribution in [3.63, 3.8) is 0 Å². The lowest BCUT2D eigenvalue weighted by atomic mass is 9.85. The highest BCUT2D eigenvalue weighted by molar-refractivity contribution is 5.92. The van der Waals surface area contributed by atoms with Gasteiger partial charge >= 0.3 is 6.09 Å². The highest BCUT2D eigenvalue weighted by Gasteiger charge is 2.51. The molecule has 1 aromatic carbocycles. The van der Waals surface area contributed by atoms with Gasteiger partial charge in [-0.05, 0) is 50.7 Å². The smallest absolute Gasteiger partial charge is 0.408 e. The third kappa shape index (κ3) is 6.61. The largest absolute Gasteiger partial charge is 0.497 e. The molecule has 2 bridgehead atoms. The van der Waals surface area contributed by atoms with Crippen molar-refractivity contribution in [2.24, 2.45) is 17.3 Å². The quantitative estimate of drug-likeness (QED) is 0.478. The summed E-state index contributed by atoms with van der Waals surface area (Å²) in [5, 5.41) is 2.78. The molecular formula is C33H44F2N4O7. The number of methoxy groups -OCH3 is 1. The minimum Gasteiger partial charge on any atom is -0.497 e. The Bertz CT molecular complexity index is 1500. The first-order valence-electron chi connectivity index (χ1n) is 15.8. The van der Waals surface area contributed by atoms with Gasteiger partial charge < -0.3 is 29.2 Å². The molecule has 2 amide bonds. The van der Waals surface area contributed by atoms with Crippen LogP contribution in [0.3, 0.4) is 0 Å². The van der Waals surface area contributed by atoms with Crippen LogP contribution in [0.5, 0.6) is 11.6 Å². The Morgan fingerprint density at radius 3 is 2.57 bits per heavy atom. The molecule has 0 radical (unpaired) electrons. The van der Waals surface area contributed by atoms with Gasteiger partial charge in [-0.1, -0.05) is 27.7 Å². The number of nitrogens with one attached hydrogen (secondary N) is 1. The Labute approximate surface area is 267 Å². The Morgan fingerprint density at radius 2 is 1.89 bits per heavy atom.